The largest absolute Gasteiger partial charge is 0.497 e. The smallest absolute Gasteiger partial charge is 0.167 e. The van der Waals surface area contributed by atoms with Crippen molar-refractivity contribution in [3.63, 3.8) is 0 Å². The lowest BCUT2D eigenvalue weighted by Gasteiger charge is -2.08. The molecule has 0 aliphatic heterocycles. The molecule has 20 heavy (non-hydrogen) atoms. The lowest BCUT2D eigenvalue weighted by Crippen LogP contribution is -2.05. The number of carbonyl (C=O) groups excluding carboxylic acids is 1. The Hall–Kier alpha value is -1.88. The summed E-state index contributed by atoms with van der Waals surface area (Å²) in [6.07, 6.45) is 3.64. The summed E-state index contributed by atoms with van der Waals surface area (Å²) in [6, 6.07) is 7.02. The highest BCUT2D eigenvalue weighted by Gasteiger charge is 2.11. The maximum absolute atomic E-state index is 12.3. The predicted octanol–water partition coefficient (Wildman–Crippen LogP) is 3.29. The third-order valence-corrected chi connectivity index (χ3v) is 3.23. The van der Waals surface area contributed by atoms with Crippen molar-refractivity contribution in [3.05, 3.63) is 52.3 Å². The van der Waals surface area contributed by atoms with E-state index < -0.39 is 0 Å². The molecule has 2 rings (SSSR count). The maximum atomic E-state index is 12.3. The first-order valence-corrected chi connectivity index (χ1v) is 6.77. The van der Waals surface area contributed by atoms with E-state index in [0.29, 0.717) is 17.1 Å². The number of methoxy groups -OCH3 is 2. The minimum atomic E-state index is -0.0119. The van der Waals surface area contributed by atoms with E-state index in [0.717, 1.165) is 10.0 Å². The fourth-order valence-electron chi connectivity index (χ4n) is 1.81. The van der Waals surface area contributed by atoms with Crippen molar-refractivity contribution in [2.75, 3.05) is 14.2 Å². The average Bonchev–Trinajstić information content (AvgIpc) is 2.46. The molecular weight excluding hydrogens is 322 g/mol. The molecule has 0 atom stereocenters. The molecule has 0 spiro atoms. The zero-order chi connectivity index (χ0) is 14.5. The average molecular weight is 336 g/mol. The number of Topliss-reactive ketones (excluding diaryl/α,β-unsaturated/α-hetero) is 1. The topological polar surface area (TPSA) is 48.4 Å². The zero-order valence-electron chi connectivity index (χ0n) is 11.2. The van der Waals surface area contributed by atoms with Gasteiger partial charge >= 0.3 is 0 Å². The molecular formula is C15H14BrNO3. The van der Waals surface area contributed by atoms with E-state index in [2.05, 4.69) is 20.9 Å². The number of halogens is 1. The van der Waals surface area contributed by atoms with Crippen LogP contribution in [0.5, 0.6) is 11.5 Å². The molecule has 0 aliphatic rings. The number of hydrogen-bond acceptors (Lipinski definition) is 4. The Morgan fingerprint density at radius 1 is 1.10 bits per heavy atom. The van der Waals surface area contributed by atoms with Crippen molar-refractivity contribution in [2.45, 2.75) is 6.42 Å². The molecule has 0 radical (unpaired) electrons. The minimum Gasteiger partial charge on any atom is -0.497 e. The van der Waals surface area contributed by atoms with Crippen LogP contribution >= 0.6 is 15.9 Å². The summed E-state index contributed by atoms with van der Waals surface area (Å²) in [6.45, 7) is 0. The standard InChI is InChI=1S/C15H14BrNO3/c1-19-13-5-11(6-14(7-13)20-2)15(18)4-10-3-12(16)9-17-8-10/h3,5-9H,4H2,1-2H3. The monoisotopic (exact) mass is 335 g/mol. The van der Waals surface area contributed by atoms with E-state index in [-0.39, 0.29) is 12.2 Å². The molecule has 1 aromatic heterocycles. The molecule has 0 unspecified atom stereocenters. The summed E-state index contributed by atoms with van der Waals surface area (Å²) in [7, 11) is 3.11. The number of ether oxygens (including phenoxy) is 2. The van der Waals surface area contributed by atoms with Gasteiger partial charge in [-0.1, -0.05) is 0 Å². The normalized spacial score (nSPS) is 10.2. The second-order valence-corrected chi connectivity index (χ2v) is 5.13. The Morgan fingerprint density at radius 2 is 1.75 bits per heavy atom. The minimum absolute atomic E-state index is 0.0119. The van der Waals surface area contributed by atoms with Crippen molar-refractivity contribution >= 4 is 21.7 Å². The molecule has 0 bridgehead atoms. The molecule has 1 heterocycles. The molecule has 2 aromatic rings. The van der Waals surface area contributed by atoms with Crippen LogP contribution in [-0.4, -0.2) is 25.0 Å². The fraction of sp³-hybridized carbons (Fsp3) is 0.200. The number of hydrogen-bond donors (Lipinski definition) is 0. The Balaban J connectivity index is 2.24. The third-order valence-electron chi connectivity index (χ3n) is 2.80. The van der Waals surface area contributed by atoms with Gasteiger partial charge in [0.15, 0.2) is 5.78 Å². The lowest BCUT2D eigenvalue weighted by molar-refractivity contribution is 0.0992. The first-order chi connectivity index (χ1) is 9.62. The Labute approximate surface area is 125 Å². The summed E-state index contributed by atoms with van der Waals surface area (Å²) in [5.41, 5.74) is 1.41. The van der Waals surface area contributed by atoms with Gasteiger partial charge in [-0.05, 0) is 39.7 Å². The van der Waals surface area contributed by atoms with E-state index in [1.54, 1.807) is 44.8 Å². The third kappa shape index (κ3) is 3.57. The van der Waals surface area contributed by atoms with Crippen LogP contribution in [0.15, 0.2) is 41.1 Å². The van der Waals surface area contributed by atoms with Crippen LogP contribution in [0, 0.1) is 0 Å². The van der Waals surface area contributed by atoms with Crippen molar-refractivity contribution in [1.29, 1.82) is 0 Å². The molecule has 0 aliphatic carbocycles. The molecule has 0 saturated heterocycles. The second kappa shape index (κ2) is 6.52. The van der Waals surface area contributed by atoms with E-state index in [9.17, 15) is 4.79 Å². The summed E-state index contributed by atoms with van der Waals surface area (Å²) in [5, 5.41) is 0. The highest BCUT2D eigenvalue weighted by molar-refractivity contribution is 9.10. The van der Waals surface area contributed by atoms with Crippen LogP contribution in [0.1, 0.15) is 15.9 Å². The van der Waals surface area contributed by atoms with Gasteiger partial charge in [0.1, 0.15) is 11.5 Å². The van der Waals surface area contributed by atoms with Crippen LogP contribution in [0.4, 0.5) is 0 Å². The van der Waals surface area contributed by atoms with Crippen molar-refractivity contribution in [2.24, 2.45) is 0 Å². The number of pyridine rings is 1. The quantitative estimate of drug-likeness (QED) is 0.786. The summed E-state index contributed by atoms with van der Waals surface area (Å²) < 4.78 is 11.2. The summed E-state index contributed by atoms with van der Waals surface area (Å²) in [5.74, 6) is 1.18. The Morgan fingerprint density at radius 3 is 2.30 bits per heavy atom. The van der Waals surface area contributed by atoms with Crippen molar-refractivity contribution < 1.29 is 14.3 Å². The van der Waals surface area contributed by atoms with Gasteiger partial charge in [-0.25, -0.2) is 0 Å². The predicted molar refractivity (Wildman–Crippen MR) is 79.5 cm³/mol. The van der Waals surface area contributed by atoms with E-state index in [1.807, 2.05) is 6.07 Å². The van der Waals surface area contributed by atoms with Gasteiger partial charge < -0.3 is 9.47 Å². The molecule has 0 saturated carbocycles. The number of aromatic nitrogens is 1. The van der Waals surface area contributed by atoms with Crippen molar-refractivity contribution in [1.82, 2.24) is 4.98 Å². The highest BCUT2D eigenvalue weighted by Crippen LogP contribution is 2.23. The van der Waals surface area contributed by atoms with Gasteiger partial charge in [0.2, 0.25) is 0 Å². The number of ketones is 1. The highest BCUT2D eigenvalue weighted by atomic mass is 79.9. The second-order valence-electron chi connectivity index (χ2n) is 4.21. The molecule has 4 nitrogen and oxygen atoms in total. The van der Waals surface area contributed by atoms with E-state index in [4.69, 9.17) is 9.47 Å². The van der Waals surface area contributed by atoms with Crippen LogP contribution < -0.4 is 9.47 Å². The van der Waals surface area contributed by atoms with Gasteiger partial charge in [0.05, 0.1) is 14.2 Å². The zero-order valence-corrected chi connectivity index (χ0v) is 12.8. The summed E-state index contributed by atoms with van der Waals surface area (Å²) >= 11 is 3.34. The first-order valence-electron chi connectivity index (χ1n) is 5.98. The Kier molecular flexibility index (Phi) is 4.74. The number of carbonyl (C=O) groups is 1. The number of benzene rings is 1. The molecule has 1 aromatic carbocycles. The molecule has 5 heteroatoms. The van der Waals surface area contributed by atoms with Crippen molar-refractivity contribution in [3.8, 4) is 11.5 Å². The van der Waals surface area contributed by atoms with Gasteiger partial charge in [-0.15, -0.1) is 0 Å². The van der Waals surface area contributed by atoms with Gasteiger partial charge in [0.25, 0.3) is 0 Å². The maximum Gasteiger partial charge on any atom is 0.167 e. The van der Waals surface area contributed by atoms with E-state index >= 15 is 0 Å². The SMILES string of the molecule is COc1cc(OC)cc(C(=O)Cc2cncc(Br)c2)c1. The lowest BCUT2D eigenvalue weighted by atomic mass is 10.0. The number of nitrogens with zero attached hydrogens (tertiary/aromatic N) is 1. The fourth-order valence-corrected chi connectivity index (χ4v) is 2.22. The first kappa shape index (κ1) is 14.5. The van der Waals surface area contributed by atoms with Crippen LogP contribution in [-0.2, 0) is 6.42 Å². The Bertz CT molecular complexity index is 606. The van der Waals surface area contributed by atoms with Gasteiger partial charge in [0, 0.05) is 34.9 Å². The van der Waals surface area contributed by atoms with Crippen LogP contribution in [0.2, 0.25) is 0 Å². The number of rotatable bonds is 5. The molecule has 0 N–H and O–H groups in total. The molecule has 104 valence electrons. The van der Waals surface area contributed by atoms with E-state index in [1.165, 1.54) is 0 Å². The van der Waals surface area contributed by atoms with Crippen LogP contribution in [0.25, 0.3) is 0 Å². The molecule has 0 fully saturated rings. The van der Waals surface area contributed by atoms with Gasteiger partial charge in [-0.3, -0.25) is 9.78 Å². The molecule has 0 amide bonds. The van der Waals surface area contributed by atoms with Crippen LogP contribution in [0.3, 0.4) is 0 Å². The summed E-state index contributed by atoms with van der Waals surface area (Å²) in [4.78, 5) is 16.4. The van der Waals surface area contributed by atoms with Gasteiger partial charge in [-0.2, -0.15) is 0 Å².